The van der Waals surface area contributed by atoms with Gasteiger partial charge in [-0.25, -0.2) is 4.98 Å². The number of aromatic nitrogens is 1. The van der Waals surface area contributed by atoms with Crippen molar-refractivity contribution >= 4 is 23.4 Å². The van der Waals surface area contributed by atoms with Gasteiger partial charge in [0.15, 0.2) is 0 Å². The Bertz CT molecular complexity index is 815. The van der Waals surface area contributed by atoms with E-state index >= 15 is 0 Å². The van der Waals surface area contributed by atoms with Crippen LogP contribution in [0.3, 0.4) is 0 Å². The van der Waals surface area contributed by atoms with Crippen molar-refractivity contribution < 1.29 is 14.4 Å². The molecule has 3 amide bonds. The van der Waals surface area contributed by atoms with Crippen LogP contribution in [0.2, 0.25) is 0 Å². The molecule has 2 aromatic rings. The number of carbonyl (C=O) groups is 3. The van der Waals surface area contributed by atoms with E-state index in [1.54, 1.807) is 40.1 Å². The Morgan fingerprint density at radius 2 is 1.46 bits per heavy atom. The molecule has 134 valence electrons. The molecular formula is C19H20N4O3. The first-order chi connectivity index (χ1) is 12.5. The van der Waals surface area contributed by atoms with E-state index in [4.69, 9.17) is 0 Å². The number of nitrogens with one attached hydrogen (secondary N) is 1. The topological polar surface area (TPSA) is 82.6 Å². The van der Waals surface area contributed by atoms with Crippen molar-refractivity contribution in [2.45, 2.75) is 6.92 Å². The molecule has 0 atom stereocenters. The number of pyridine rings is 1. The molecule has 1 aromatic carbocycles. The molecule has 0 unspecified atom stereocenters. The molecule has 1 saturated heterocycles. The van der Waals surface area contributed by atoms with Crippen LogP contribution >= 0.6 is 0 Å². The highest BCUT2D eigenvalue weighted by Crippen LogP contribution is 2.11. The molecule has 0 saturated carbocycles. The zero-order chi connectivity index (χ0) is 18.5. The van der Waals surface area contributed by atoms with Gasteiger partial charge in [0.25, 0.3) is 11.8 Å². The molecule has 1 aromatic heterocycles. The maximum absolute atomic E-state index is 12.6. The van der Waals surface area contributed by atoms with Gasteiger partial charge in [0, 0.05) is 38.8 Å². The zero-order valence-corrected chi connectivity index (χ0v) is 14.5. The van der Waals surface area contributed by atoms with Crippen molar-refractivity contribution in [1.82, 2.24) is 14.8 Å². The predicted octanol–water partition coefficient (Wildman–Crippen LogP) is 1.64. The largest absolute Gasteiger partial charge is 0.339 e. The first-order valence-corrected chi connectivity index (χ1v) is 8.43. The minimum absolute atomic E-state index is 0.00908. The van der Waals surface area contributed by atoms with Crippen molar-refractivity contribution in [2.75, 3.05) is 31.5 Å². The van der Waals surface area contributed by atoms with Gasteiger partial charge in [0.1, 0.15) is 11.4 Å². The average Bonchev–Trinajstić information content (AvgIpc) is 2.68. The van der Waals surface area contributed by atoms with Crippen molar-refractivity contribution in [3.63, 3.8) is 0 Å². The second-order valence-corrected chi connectivity index (χ2v) is 6.03. The van der Waals surface area contributed by atoms with Crippen molar-refractivity contribution in [3.05, 3.63) is 59.9 Å². The molecule has 0 spiro atoms. The Balaban J connectivity index is 1.68. The van der Waals surface area contributed by atoms with Crippen LogP contribution in [-0.2, 0) is 4.79 Å². The third kappa shape index (κ3) is 4.05. The number of para-hydroxylation sites is 1. The molecule has 0 bridgehead atoms. The lowest BCUT2D eigenvalue weighted by Crippen LogP contribution is -2.50. The summed E-state index contributed by atoms with van der Waals surface area (Å²) in [6.07, 6.45) is 0. The fourth-order valence-electron chi connectivity index (χ4n) is 2.78. The van der Waals surface area contributed by atoms with Gasteiger partial charge in [-0.15, -0.1) is 0 Å². The van der Waals surface area contributed by atoms with Crippen LogP contribution in [0.5, 0.6) is 0 Å². The van der Waals surface area contributed by atoms with Gasteiger partial charge in [-0.3, -0.25) is 14.4 Å². The minimum Gasteiger partial charge on any atom is -0.339 e. The number of hydrogen-bond donors (Lipinski definition) is 1. The molecule has 2 heterocycles. The second kappa shape index (κ2) is 7.77. The summed E-state index contributed by atoms with van der Waals surface area (Å²) < 4.78 is 0. The molecule has 7 nitrogen and oxygen atoms in total. The fraction of sp³-hybridized carbons (Fsp3) is 0.263. The monoisotopic (exact) mass is 352 g/mol. The number of amides is 3. The molecule has 1 aliphatic heterocycles. The van der Waals surface area contributed by atoms with Crippen molar-refractivity contribution in [1.29, 1.82) is 0 Å². The molecule has 26 heavy (non-hydrogen) atoms. The van der Waals surface area contributed by atoms with Gasteiger partial charge in [0.05, 0.1) is 0 Å². The third-order valence-corrected chi connectivity index (χ3v) is 4.24. The SMILES string of the molecule is CC(=O)N1CCN(C(=O)c2cccc(C(=O)Nc3ccccc3)n2)CC1. The molecule has 7 heteroatoms. The van der Waals surface area contributed by atoms with Gasteiger partial charge in [0.2, 0.25) is 5.91 Å². The van der Waals surface area contributed by atoms with E-state index in [1.807, 2.05) is 18.2 Å². The number of piperazine rings is 1. The van der Waals surface area contributed by atoms with E-state index in [0.717, 1.165) is 0 Å². The molecule has 1 N–H and O–H groups in total. The number of benzene rings is 1. The maximum Gasteiger partial charge on any atom is 0.274 e. The first-order valence-electron chi connectivity index (χ1n) is 8.43. The van der Waals surface area contributed by atoms with Gasteiger partial charge in [-0.05, 0) is 24.3 Å². The van der Waals surface area contributed by atoms with Crippen molar-refractivity contribution in [2.24, 2.45) is 0 Å². The number of nitrogens with zero attached hydrogens (tertiary/aromatic N) is 3. The van der Waals surface area contributed by atoms with Gasteiger partial charge < -0.3 is 15.1 Å². The summed E-state index contributed by atoms with van der Waals surface area (Å²) in [5.41, 5.74) is 1.07. The van der Waals surface area contributed by atoms with E-state index in [1.165, 1.54) is 6.92 Å². The lowest BCUT2D eigenvalue weighted by Gasteiger charge is -2.34. The lowest BCUT2D eigenvalue weighted by molar-refractivity contribution is -0.130. The van der Waals surface area contributed by atoms with E-state index in [0.29, 0.717) is 31.9 Å². The number of rotatable bonds is 3. The lowest BCUT2D eigenvalue weighted by atomic mass is 10.2. The van der Waals surface area contributed by atoms with E-state index in [-0.39, 0.29) is 29.1 Å². The Kier molecular flexibility index (Phi) is 5.26. The maximum atomic E-state index is 12.6. The van der Waals surface area contributed by atoms with E-state index in [9.17, 15) is 14.4 Å². The molecule has 1 aliphatic rings. The summed E-state index contributed by atoms with van der Waals surface area (Å²) in [5.74, 6) is -0.593. The van der Waals surface area contributed by atoms with Crippen LogP contribution < -0.4 is 5.32 Å². The summed E-state index contributed by atoms with van der Waals surface area (Å²) in [4.78, 5) is 43.9. The number of anilines is 1. The van der Waals surface area contributed by atoms with E-state index in [2.05, 4.69) is 10.3 Å². The quantitative estimate of drug-likeness (QED) is 0.910. The van der Waals surface area contributed by atoms with Gasteiger partial charge in [-0.1, -0.05) is 24.3 Å². The van der Waals surface area contributed by atoms with Crippen LogP contribution in [0.25, 0.3) is 0 Å². The summed E-state index contributed by atoms with van der Waals surface area (Å²) in [5, 5.41) is 2.75. The standard InChI is InChI=1S/C19H20N4O3/c1-14(24)22-10-12-23(13-11-22)19(26)17-9-5-8-16(21-17)18(25)20-15-6-3-2-4-7-15/h2-9H,10-13H2,1H3,(H,20,25). The number of carbonyl (C=O) groups excluding carboxylic acids is 3. The highest BCUT2D eigenvalue weighted by atomic mass is 16.2. The highest BCUT2D eigenvalue weighted by Gasteiger charge is 2.24. The first kappa shape index (κ1) is 17.6. The minimum atomic E-state index is -0.368. The van der Waals surface area contributed by atoms with Crippen LogP contribution in [0.4, 0.5) is 5.69 Å². The molecule has 0 radical (unpaired) electrons. The van der Waals surface area contributed by atoms with Crippen LogP contribution in [-0.4, -0.2) is 58.7 Å². The normalized spacial score (nSPS) is 14.0. The molecular weight excluding hydrogens is 332 g/mol. The Labute approximate surface area is 151 Å². The molecule has 1 fully saturated rings. The summed E-state index contributed by atoms with van der Waals surface area (Å²) in [6.45, 7) is 3.46. The molecule has 0 aliphatic carbocycles. The summed E-state index contributed by atoms with van der Waals surface area (Å²) >= 11 is 0. The van der Waals surface area contributed by atoms with Crippen LogP contribution in [0.1, 0.15) is 27.9 Å². The number of hydrogen-bond acceptors (Lipinski definition) is 4. The molecule has 3 rings (SSSR count). The van der Waals surface area contributed by atoms with Crippen molar-refractivity contribution in [3.8, 4) is 0 Å². The van der Waals surface area contributed by atoms with Gasteiger partial charge >= 0.3 is 0 Å². The van der Waals surface area contributed by atoms with Gasteiger partial charge in [-0.2, -0.15) is 0 Å². The Hall–Kier alpha value is -3.22. The zero-order valence-electron chi connectivity index (χ0n) is 14.5. The fourth-order valence-corrected chi connectivity index (χ4v) is 2.78. The van der Waals surface area contributed by atoms with E-state index < -0.39 is 0 Å². The summed E-state index contributed by atoms with van der Waals surface area (Å²) in [7, 11) is 0. The second-order valence-electron chi connectivity index (χ2n) is 6.03. The van der Waals surface area contributed by atoms with Crippen LogP contribution in [0, 0.1) is 0 Å². The summed E-state index contributed by atoms with van der Waals surface area (Å²) in [6, 6.07) is 13.9. The Morgan fingerprint density at radius 1 is 0.846 bits per heavy atom. The third-order valence-electron chi connectivity index (χ3n) is 4.24. The van der Waals surface area contributed by atoms with Crippen LogP contribution in [0.15, 0.2) is 48.5 Å². The predicted molar refractivity (Wildman–Crippen MR) is 96.8 cm³/mol. The highest BCUT2D eigenvalue weighted by molar-refractivity contribution is 6.03. The average molecular weight is 352 g/mol. The smallest absolute Gasteiger partial charge is 0.274 e. The Morgan fingerprint density at radius 3 is 2.12 bits per heavy atom.